The van der Waals surface area contributed by atoms with E-state index in [0.717, 1.165) is 12.8 Å². The SMILES string of the molecule is CCC(N)(CC)COc1ccc2cc([N+](=O)[O-])ccc2n1. The van der Waals surface area contributed by atoms with Crippen molar-refractivity contribution in [2.45, 2.75) is 32.2 Å². The van der Waals surface area contributed by atoms with Gasteiger partial charge in [-0.15, -0.1) is 0 Å². The maximum Gasteiger partial charge on any atom is 0.270 e. The van der Waals surface area contributed by atoms with Gasteiger partial charge in [-0.05, 0) is 25.0 Å². The van der Waals surface area contributed by atoms with Gasteiger partial charge in [0.05, 0.1) is 10.4 Å². The fourth-order valence-corrected chi connectivity index (χ4v) is 1.96. The number of pyridine rings is 1. The maximum absolute atomic E-state index is 10.7. The van der Waals surface area contributed by atoms with Gasteiger partial charge < -0.3 is 10.5 Å². The molecule has 21 heavy (non-hydrogen) atoms. The number of hydrogen-bond acceptors (Lipinski definition) is 5. The summed E-state index contributed by atoms with van der Waals surface area (Å²) >= 11 is 0. The molecule has 1 aromatic heterocycles. The Bertz CT molecular complexity index is 654. The molecule has 112 valence electrons. The summed E-state index contributed by atoms with van der Waals surface area (Å²) in [5, 5.41) is 11.4. The molecule has 0 unspecified atom stereocenters. The van der Waals surface area contributed by atoms with Gasteiger partial charge in [-0.1, -0.05) is 13.8 Å². The molecule has 0 bridgehead atoms. The van der Waals surface area contributed by atoms with E-state index in [1.807, 2.05) is 13.8 Å². The van der Waals surface area contributed by atoms with Gasteiger partial charge in [0, 0.05) is 29.1 Å². The third-order valence-electron chi connectivity index (χ3n) is 3.77. The Morgan fingerprint density at radius 1 is 1.29 bits per heavy atom. The van der Waals surface area contributed by atoms with Crippen LogP contribution in [0.1, 0.15) is 26.7 Å². The van der Waals surface area contributed by atoms with Crippen LogP contribution in [-0.2, 0) is 0 Å². The first kappa shape index (κ1) is 15.2. The number of ether oxygens (including phenoxy) is 1. The molecule has 0 aliphatic carbocycles. The number of benzene rings is 1. The van der Waals surface area contributed by atoms with Crippen molar-refractivity contribution in [3.8, 4) is 5.88 Å². The molecule has 0 fully saturated rings. The summed E-state index contributed by atoms with van der Waals surface area (Å²) < 4.78 is 5.67. The van der Waals surface area contributed by atoms with Gasteiger partial charge in [-0.25, -0.2) is 4.98 Å². The van der Waals surface area contributed by atoms with E-state index in [4.69, 9.17) is 10.5 Å². The molecule has 0 aliphatic heterocycles. The van der Waals surface area contributed by atoms with E-state index in [9.17, 15) is 10.1 Å². The van der Waals surface area contributed by atoms with E-state index in [1.165, 1.54) is 12.1 Å². The minimum absolute atomic E-state index is 0.0518. The summed E-state index contributed by atoms with van der Waals surface area (Å²) in [6.45, 7) is 4.45. The van der Waals surface area contributed by atoms with Crippen LogP contribution in [0.4, 0.5) is 5.69 Å². The monoisotopic (exact) mass is 289 g/mol. The molecular formula is C15H19N3O3. The van der Waals surface area contributed by atoms with Crippen molar-refractivity contribution in [1.82, 2.24) is 4.98 Å². The van der Waals surface area contributed by atoms with Crippen LogP contribution in [-0.4, -0.2) is 22.1 Å². The van der Waals surface area contributed by atoms with Gasteiger partial charge >= 0.3 is 0 Å². The maximum atomic E-state index is 10.7. The number of nitrogens with zero attached hydrogens (tertiary/aromatic N) is 2. The number of fused-ring (bicyclic) bond motifs is 1. The van der Waals surface area contributed by atoms with Crippen LogP contribution in [0.5, 0.6) is 5.88 Å². The van der Waals surface area contributed by atoms with Crippen LogP contribution < -0.4 is 10.5 Å². The highest BCUT2D eigenvalue weighted by Crippen LogP contribution is 2.22. The second-order valence-corrected chi connectivity index (χ2v) is 5.14. The molecular weight excluding hydrogens is 270 g/mol. The van der Waals surface area contributed by atoms with Crippen LogP contribution >= 0.6 is 0 Å². The van der Waals surface area contributed by atoms with Crippen LogP contribution in [0.3, 0.4) is 0 Å². The van der Waals surface area contributed by atoms with Crippen molar-refractivity contribution in [1.29, 1.82) is 0 Å². The second-order valence-electron chi connectivity index (χ2n) is 5.14. The lowest BCUT2D eigenvalue weighted by molar-refractivity contribution is -0.384. The third-order valence-corrected chi connectivity index (χ3v) is 3.77. The summed E-state index contributed by atoms with van der Waals surface area (Å²) in [5.41, 5.74) is 6.54. The Balaban J connectivity index is 2.20. The largest absolute Gasteiger partial charge is 0.476 e. The first-order chi connectivity index (χ1) is 9.97. The number of nitro groups is 1. The normalized spacial score (nSPS) is 11.6. The molecule has 0 spiro atoms. The summed E-state index contributed by atoms with van der Waals surface area (Å²) in [5.74, 6) is 0.480. The summed E-state index contributed by atoms with van der Waals surface area (Å²) in [7, 11) is 0. The molecule has 1 heterocycles. The highest BCUT2D eigenvalue weighted by atomic mass is 16.6. The zero-order chi connectivity index (χ0) is 15.5. The zero-order valence-electron chi connectivity index (χ0n) is 12.2. The van der Waals surface area contributed by atoms with Crippen molar-refractivity contribution >= 4 is 16.6 Å². The molecule has 0 atom stereocenters. The molecule has 1 aromatic carbocycles. The van der Waals surface area contributed by atoms with Gasteiger partial charge in [0.25, 0.3) is 5.69 Å². The molecule has 0 radical (unpaired) electrons. The van der Waals surface area contributed by atoms with Crippen LogP contribution in [0.15, 0.2) is 30.3 Å². The molecule has 0 saturated carbocycles. The molecule has 6 nitrogen and oxygen atoms in total. The number of non-ortho nitro benzene ring substituents is 1. The Hall–Kier alpha value is -2.21. The summed E-state index contributed by atoms with van der Waals surface area (Å²) in [6, 6.07) is 8.02. The number of nitro benzene ring substituents is 1. The molecule has 6 heteroatoms. The highest BCUT2D eigenvalue weighted by molar-refractivity contribution is 5.81. The second kappa shape index (κ2) is 6.05. The van der Waals surface area contributed by atoms with E-state index in [2.05, 4.69) is 4.98 Å². The van der Waals surface area contributed by atoms with Crippen LogP contribution in [0, 0.1) is 10.1 Å². The third kappa shape index (κ3) is 3.46. The van der Waals surface area contributed by atoms with Crippen molar-refractivity contribution in [2.75, 3.05) is 6.61 Å². The Kier molecular flexibility index (Phi) is 4.37. The van der Waals surface area contributed by atoms with Crippen LogP contribution in [0.25, 0.3) is 10.9 Å². The first-order valence-electron chi connectivity index (χ1n) is 6.94. The predicted octanol–water partition coefficient (Wildman–Crippen LogP) is 3.04. The van der Waals surface area contributed by atoms with E-state index in [0.29, 0.717) is 23.4 Å². The van der Waals surface area contributed by atoms with Crippen molar-refractivity contribution in [3.05, 3.63) is 40.4 Å². The van der Waals surface area contributed by atoms with Crippen molar-refractivity contribution in [2.24, 2.45) is 5.73 Å². The molecule has 0 amide bonds. The standard InChI is InChI=1S/C15H19N3O3/c1-3-15(16,4-2)10-21-14-8-5-11-9-12(18(19)20)6-7-13(11)17-14/h5-9H,3-4,10,16H2,1-2H3. The zero-order valence-corrected chi connectivity index (χ0v) is 12.2. The first-order valence-corrected chi connectivity index (χ1v) is 6.94. The number of hydrogen-bond donors (Lipinski definition) is 1. The molecule has 2 N–H and O–H groups in total. The number of nitrogens with two attached hydrogens (primary N) is 1. The summed E-state index contributed by atoms with van der Waals surface area (Å²) in [4.78, 5) is 14.7. The lowest BCUT2D eigenvalue weighted by Crippen LogP contribution is -2.44. The van der Waals surface area contributed by atoms with Gasteiger partial charge in [-0.2, -0.15) is 0 Å². The Labute approximate surface area is 123 Å². The van der Waals surface area contributed by atoms with Crippen molar-refractivity contribution < 1.29 is 9.66 Å². The number of rotatable bonds is 6. The lowest BCUT2D eigenvalue weighted by atomic mass is 9.96. The number of aromatic nitrogens is 1. The molecule has 0 aliphatic rings. The average molecular weight is 289 g/mol. The predicted molar refractivity (Wildman–Crippen MR) is 81.4 cm³/mol. The minimum Gasteiger partial charge on any atom is -0.476 e. The van der Waals surface area contributed by atoms with Gasteiger partial charge in [0.1, 0.15) is 6.61 Å². The average Bonchev–Trinajstić information content (AvgIpc) is 2.51. The van der Waals surface area contributed by atoms with E-state index in [-0.39, 0.29) is 11.2 Å². The fourth-order valence-electron chi connectivity index (χ4n) is 1.96. The van der Waals surface area contributed by atoms with Gasteiger partial charge in [-0.3, -0.25) is 10.1 Å². The summed E-state index contributed by atoms with van der Waals surface area (Å²) in [6.07, 6.45) is 1.65. The van der Waals surface area contributed by atoms with E-state index >= 15 is 0 Å². The van der Waals surface area contributed by atoms with E-state index in [1.54, 1.807) is 18.2 Å². The van der Waals surface area contributed by atoms with Crippen molar-refractivity contribution in [3.63, 3.8) is 0 Å². The smallest absolute Gasteiger partial charge is 0.270 e. The lowest BCUT2D eigenvalue weighted by Gasteiger charge is -2.26. The molecule has 2 rings (SSSR count). The van der Waals surface area contributed by atoms with Gasteiger partial charge in [0.15, 0.2) is 0 Å². The van der Waals surface area contributed by atoms with Gasteiger partial charge in [0.2, 0.25) is 5.88 Å². The molecule has 0 saturated heterocycles. The van der Waals surface area contributed by atoms with E-state index < -0.39 is 4.92 Å². The topological polar surface area (TPSA) is 91.3 Å². The molecule has 2 aromatic rings. The fraction of sp³-hybridized carbons (Fsp3) is 0.400. The Morgan fingerprint density at radius 2 is 2.00 bits per heavy atom. The minimum atomic E-state index is -0.422. The highest BCUT2D eigenvalue weighted by Gasteiger charge is 2.21. The quantitative estimate of drug-likeness (QED) is 0.652. The Morgan fingerprint density at radius 3 is 2.62 bits per heavy atom. The van der Waals surface area contributed by atoms with Crippen LogP contribution in [0.2, 0.25) is 0 Å².